The lowest BCUT2D eigenvalue weighted by Gasteiger charge is -2.26. The first-order chi connectivity index (χ1) is 21.1. The van der Waals surface area contributed by atoms with E-state index >= 15 is 0 Å². The number of aromatic amines is 1. The molecule has 0 aliphatic carbocycles. The van der Waals surface area contributed by atoms with Gasteiger partial charge in [0.2, 0.25) is 17.7 Å². The predicted octanol–water partition coefficient (Wildman–Crippen LogP) is 2.72. The highest BCUT2D eigenvalue weighted by molar-refractivity contribution is 5.94. The summed E-state index contributed by atoms with van der Waals surface area (Å²) in [4.78, 5) is 55.5. The number of aromatic nitrogens is 1. The van der Waals surface area contributed by atoms with Crippen molar-refractivity contribution in [3.63, 3.8) is 0 Å². The lowest BCUT2D eigenvalue weighted by atomic mass is 10.00. The van der Waals surface area contributed by atoms with E-state index in [-0.39, 0.29) is 25.2 Å². The molecule has 4 aromatic rings. The molecule has 0 spiro atoms. The van der Waals surface area contributed by atoms with E-state index in [9.17, 15) is 24.3 Å². The quantitative estimate of drug-likeness (QED) is 0.131. The van der Waals surface area contributed by atoms with Crippen LogP contribution in [0.15, 0.2) is 91.1 Å². The van der Waals surface area contributed by atoms with Crippen LogP contribution in [0.5, 0.6) is 0 Å². The van der Waals surface area contributed by atoms with Crippen molar-refractivity contribution >= 4 is 34.6 Å². The van der Waals surface area contributed by atoms with E-state index < -0.39 is 47.9 Å². The van der Waals surface area contributed by atoms with Gasteiger partial charge in [-0.05, 0) is 35.1 Å². The Morgan fingerprint density at radius 3 is 1.75 bits per heavy atom. The zero-order valence-corrected chi connectivity index (χ0v) is 24.8. The minimum absolute atomic E-state index is 0.120. The fourth-order valence-corrected chi connectivity index (χ4v) is 5.07. The molecule has 7 N–H and O–H groups in total. The Bertz CT molecular complexity index is 1570. The molecular formula is C34H39N5O5. The zero-order chi connectivity index (χ0) is 31.6. The molecule has 0 aliphatic rings. The molecule has 0 aliphatic heterocycles. The van der Waals surface area contributed by atoms with Crippen molar-refractivity contribution in [1.29, 1.82) is 0 Å². The maximum atomic E-state index is 13.8. The summed E-state index contributed by atoms with van der Waals surface area (Å²) in [5.41, 5.74) is 9.71. The minimum Gasteiger partial charge on any atom is -0.480 e. The monoisotopic (exact) mass is 597 g/mol. The van der Waals surface area contributed by atoms with Gasteiger partial charge in [0.1, 0.15) is 18.1 Å². The summed E-state index contributed by atoms with van der Waals surface area (Å²) < 4.78 is 0. The summed E-state index contributed by atoms with van der Waals surface area (Å²) in [7, 11) is 0. The van der Waals surface area contributed by atoms with Crippen LogP contribution >= 0.6 is 0 Å². The first-order valence-corrected chi connectivity index (χ1v) is 14.6. The number of para-hydroxylation sites is 1. The molecule has 0 fully saturated rings. The maximum Gasteiger partial charge on any atom is 0.326 e. The van der Waals surface area contributed by atoms with Gasteiger partial charge in [0, 0.05) is 29.9 Å². The predicted molar refractivity (Wildman–Crippen MR) is 169 cm³/mol. The molecule has 0 radical (unpaired) electrons. The molecule has 10 nitrogen and oxygen atoms in total. The number of carboxylic acid groups (broad SMARTS) is 1. The van der Waals surface area contributed by atoms with Crippen LogP contribution in [0.2, 0.25) is 0 Å². The van der Waals surface area contributed by atoms with Gasteiger partial charge in [0.25, 0.3) is 0 Å². The third-order valence-electron chi connectivity index (χ3n) is 7.51. The number of nitrogens with two attached hydrogens (primary N) is 1. The van der Waals surface area contributed by atoms with E-state index in [4.69, 9.17) is 5.73 Å². The molecule has 4 rings (SSSR count). The summed E-state index contributed by atoms with van der Waals surface area (Å²) in [6.45, 7) is 3.38. The number of H-pyrrole nitrogens is 1. The van der Waals surface area contributed by atoms with Gasteiger partial charge in [0.15, 0.2) is 0 Å². The number of carbonyl (C=O) groups is 4. The van der Waals surface area contributed by atoms with Crippen LogP contribution in [0.3, 0.4) is 0 Å². The number of hydrogen-bond donors (Lipinski definition) is 6. The van der Waals surface area contributed by atoms with E-state index in [0.717, 1.165) is 27.6 Å². The van der Waals surface area contributed by atoms with Crippen molar-refractivity contribution in [3.05, 3.63) is 108 Å². The Morgan fingerprint density at radius 1 is 0.705 bits per heavy atom. The van der Waals surface area contributed by atoms with Crippen molar-refractivity contribution in [2.45, 2.75) is 57.3 Å². The SMILES string of the molecule is CC(C)C(NC(=O)C(Cc1ccccc1)NC(=O)C(Cc1ccccc1)NC(=O)C(N)Cc1c[nH]c2ccccc12)C(=O)O. The number of carboxylic acids is 1. The highest BCUT2D eigenvalue weighted by atomic mass is 16.4. The van der Waals surface area contributed by atoms with Crippen molar-refractivity contribution in [1.82, 2.24) is 20.9 Å². The first-order valence-electron chi connectivity index (χ1n) is 14.6. The number of benzene rings is 3. The average Bonchev–Trinajstić information content (AvgIpc) is 3.42. The standard InChI is InChI=1S/C34H39N5O5/c1-21(2)30(34(43)44)39-33(42)29(18-23-13-7-4-8-14-23)38-32(41)28(17-22-11-5-3-6-12-22)37-31(40)26(35)19-24-20-36-27-16-10-9-15-25(24)27/h3-16,20-21,26,28-30,36H,17-19,35H2,1-2H3,(H,37,40)(H,38,41)(H,39,42)(H,43,44). The molecule has 230 valence electrons. The smallest absolute Gasteiger partial charge is 0.326 e. The van der Waals surface area contributed by atoms with Crippen LogP contribution in [0.25, 0.3) is 10.9 Å². The summed E-state index contributed by atoms with van der Waals surface area (Å²) in [5.74, 6) is -3.29. The second-order valence-corrected chi connectivity index (χ2v) is 11.2. The molecule has 3 amide bonds. The number of amides is 3. The number of fused-ring (bicyclic) bond motifs is 1. The van der Waals surface area contributed by atoms with Gasteiger partial charge in [0.05, 0.1) is 6.04 Å². The Kier molecular flexibility index (Phi) is 10.9. The van der Waals surface area contributed by atoms with Gasteiger partial charge >= 0.3 is 5.97 Å². The van der Waals surface area contributed by atoms with Crippen LogP contribution in [-0.2, 0) is 38.4 Å². The molecular weight excluding hydrogens is 558 g/mol. The van der Waals surface area contributed by atoms with Gasteiger partial charge < -0.3 is 31.8 Å². The molecule has 4 unspecified atom stereocenters. The third-order valence-corrected chi connectivity index (χ3v) is 7.51. The van der Waals surface area contributed by atoms with E-state index in [1.807, 2.05) is 91.1 Å². The second-order valence-electron chi connectivity index (χ2n) is 11.2. The molecule has 1 heterocycles. The largest absolute Gasteiger partial charge is 0.480 e. The van der Waals surface area contributed by atoms with E-state index in [1.165, 1.54) is 0 Å². The Hall–Kier alpha value is -4.96. The van der Waals surface area contributed by atoms with Crippen LogP contribution in [0, 0.1) is 5.92 Å². The number of nitrogens with one attached hydrogen (secondary N) is 4. The van der Waals surface area contributed by atoms with Gasteiger partial charge in [-0.1, -0.05) is 92.7 Å². The molecule has 0 saturated carbocycles. The molecule has 3 aromatic carbocycles. The zero-order valence-electron chi connectivity index (χ0n) is 24.8. The Labute approximate surface area is 256 Å². The van der Waals surface area contributed by atoms with Crippen LogP contribution in [0.1, 0.15) is 30.5 Å². The molecule has 0 bridgehead atoms. The van der Waals surface area contributed by atoms with E-state index in [0.29, 0.717) is 0 Å². The van der Waals surface area contributed by atoms with Crippen LogP contribution in [0.4, 0.5) is 0 Å². The summed E-state index contributed by atoms with van der Waals surface area (Å²) in [6.07, 6.45) is 2.34. The number of hydrogen-bond acceptors (Lipinski definition) is 5. The molecule has 44 heavy (non-hydrogen) atoms. The van der Waals surface area contributed by atoms with E-state index in [2.05, 4.69) is 20.9 Å². The maximum absolute atomic E-state index is 13.8. The lowest BCUT2D eigenvalue weighted by Crippen LogP contribution is -2.58. The van der Waals surface area contributed by atoms with Crippen molar-refractivity contribution in [3.8, 4) is 0 Å². The van der Waals surface area contributed by atoms with Gasteiger partial charge in [-0.3, -0.25) is 14.4 Å². The van der Waals surface area contributed by atoms with Gasteiger partial charge in [-0.25, -0.2) is 4.79 Å². The van der Waals surface area contributed by atoms with Gasteiger partial charge in [-0.15, -0.1) is 0 Å². The third kappa shape index (κ3) is 8.54. The van der Waals surface area contributed by atoms with Crippen LogP contribution < -0.4 is 21.7 Å². The Balaban J connectivity index is 1.54. The van der Waals surface area contributed by atoms with Crippen LogP contribution in [-0.4, -0.2) is 57.9 Å². The minimum atomic E-state index is -1.17. The van der Waals surface area contributed by atoms with Crippen molar-refractivity contribution in [2.75, 3.05) is 0 Å². The average molecular weight is 598 g/mol. The van der Waals surface area contributed by atoms with Gasteiger partial charge in [-0.2, -0.15) is 0 Å². The summed E-state index contributed by atoms with van der Waals surface area (Å²) >= 11 is 0. The number of aliphatic carboxylic acids is 1. The first kappa shape index (κ1) is 32.0. The number of rotatable bonds is 14. The topological polar surface area (TPSA) is 166 Å². The normalized spacial score (nSPS) is 13.9. The fraction of sp³-hybridized carbons (Fsp3) is 0.294. The number of carbonyl (C=O) groups excluding carboxylic acids is 3. The highest BCUT2D eigenvalue weighted by Gasteiger charge is 2.31. The molecule has 0 saturated heterocycles. The summed E-state index contributed by atoms with van der Waals surface area (Å²) in [6, 6.07) is 21.8. The van der Waals surface area contributed by atoms with E-state index in [1.54, 1.807) is 13.8 Å². The van der Waals surface area contributed by atoms with Crippen molar-refractivity contribution in [2.24, 2.45) is 11.7 Å². The highest BCUT2D eigenvalue weighted by Crippen LogP contribution is 2.19. The molecule has 10 heteroatoms. The molecule has 4 atom stereocenters. The Morgan fingerprint density at radius 2 is 1.20 bits per heavy atom. The second kappa shape index (κ2) is 15.0. The lowest BCUT2D eigenvalue weighted by molar-refractivity contribution is -0.143. The fourth-order valence-electron chi connectivity index (χ4n) is 5.07. The summed E-state index contributed by atoms with van der Waals surface area (Å²) in [5, 5.41) is 18.7. The molecule has 1 aromatic heterocycles. The van der Waals surface area contributed by atoms with Crippen molar-refractivity contribution < 1.29 is 24.3 Å².